The van der Waals surface area contributed by atoms with E-state index in [9.17, 15) is 9.59 Å². The third kappa shape index (κ3) is 3.89. The Bertz CT molecular complexity index is 908. The van der Waals surface area contributed by atoms with Gasteiger partial charge in [0.1, 0.15) is 6.61 Å². The molecular weight excluding hydrogens is 392 g/mol. The number of rotatable bonds is 7. The van der Waals surface area contributed by atoms with E-state index < -0.39 is 12.0 Å². The molecule has 0 radical (unpaired) electrons. The smallest absolute Gasteiger partial charge is 0.338 e. The van der Waals surface area contributed by atoms with Crippen LogP contribution in [0.4, 0.5) is 0 Å². The van der Waals surface area contributed by atoms with Crippen molar-refractivity contribution in [2.75, 3.05) is 20.3 Å². The number of amidine groups is 1. The van der Waals surface area contributed by atoms with E-state index in [0.29, 0.717) is 40.1 Å². The number of carbonyl (C=O) groups is 2. The summed E-state index contributed by atoms with van der Waals surface area (Å²) in [5.74, 6) is 0.487. The fraction of sp³-hybridized carbons (Fsp3) is 0.381. The van der Waals surface area contributed by atoms with Crippen LogP contribution in [0.1, 0.15) is 32.4 Å². The Labute approximate surface area is 174 Å². The lowest BCUT2D eigenvalue weighted by atomic mass is 9.94. The summed E-state index contributed by atoms with van der Waals surface area (Å²) in [6, 6.07) is 4.74. The first-order chi connectivity index (χ1) is 13.9. The highest BCUT2D eigenvalue weighted by Gasteiger charge is 2.46. The summed E-state index contributed by atoms with van der Waals surface area (Å²) in [5, 5.41) is 0.301. The molecule has 0 bridgehead atoms. The quantitative estimate of drug-likeness (QED) is 0.500. The number of allylic oxidation sites excluding steroid dienone is 1. The van der Waals surface area contributed by atoms with Crippen LogP contribution in [0.2, 0.25) is 0 Å². The van der Waals surface area contributed by atoms with Gasteiger partial charge < -0.3 is 14.2 Å². The van der Waals surface area contributed by atoms with Crippen LogP contribution in [-0.4, -0.2) is 47.5 Å². The lowest BCUT2D eigenvalue weighted by Crippen LogP contribution is -2.40. The Hall–Kier alpha value is -2.74. The molecular formula is C21H24N2O5S. The third-order valence-electron chi connectivity index (χ3n) is 4.61. The van der Waals surface area contributed by atoms with Crippen molar-refractivity contribution in [1.82, 2.24) is 4.90 Å². The maximum atomic E-state index is 12.9. The number of esters is 1. The molecule has 2 aliphatic rings. The van der Waals surface area contributed by atoms with E-state index in [1.165, 1.54) is 17.8 Å². The largest absolute Gasteiger partial charge is 0.493 e. The molecule has 1 saturated heterocycles. The Morgan fingerprint density at radius 2 is 2.14 bits per heavy atom. The van der Waals surface area contributed by atoms with Crippen LogP contribution >= 0.6 is 11.8 Å². The van der Waals surface area contributed by atoms with Crippen molar-refractivity contribution in [3.05, 3.63) is 47.7 Å². The van der Waals surface area contributed by atoms with Gasteiger partial charge in [-0.15, -0.1) is 0 Å². The molecule has 2 atom stereocenters. The van der Waals surface area contributed by atoms with Crippen molar-refractivity contribution >= 4 is 28.8 Å². The number of hydrogen-bond acceptors (Lipinski definition) is 7. The Morgan fingerprint density at radius 3 is 2.79 bits per heavy atom. The van der Waals surface area contributed by atoms with Crippen molar-refractivity contribution in [2.24, 2.45) is 4.99 Å². The Kier molecular flexibility index (Phi) is 6.32. The summed E-state index contributed by atoms with van der Waals surface area (Å²) in [7, 11) is 1.55. The van der Waals surface area contributed by atoms with Gasteiger partial charge in [0.05, 0.1) is 36.3 Å². The highest BCUT2D eigenvalue weighted by atomic mass is 32.2. The van der Waals surface area contributed by atoms with Crippen molar-refractivity contribution in [1.29, 1.82) is 0 Å². The first kappa shape index (κ1) is 21.0. The fourth-order valence-electron chi connectivity index (χ4n) is 3.32. The number of amides is 1. The standard InChI is InChI=1S/C21H24N2O5S/c1-6-10-28-20(25)17-12(3)22-21-23(19(24)13(4)29-21)18(17)14-8-9-15(27-7-2)16(11-14)26-5/h6,8-9,11,13,18H,1,7,10H2,2-5H3/t13-,18+/m0/s1. The third-order valence-corrected chi connectivity index (χ3v) is 5.67. The molecule has 1 aromatic carbocycles. The number of methoxy groups -OCH3 is 1. The van der Waals surface area contributed by atoms with Crippen molar-refractivity contribution in [2.45, 2.75) is 32.1 Å². The van der Waals surface area contributed by atoms with Gasteiger partial charge in [-0.25, -0.2) is 9.79 Å². The van der Waals surface area contributed by atoms with Gasteiger partial charge in [-0.05, 0) is 38.5 Å². The summed E-state index contributed by atoms with van der Waals surface area (Å²) in [6.45, 7) is 9.61. The molecule has 7 nitrogen and oxygen atoms in total. The van der Waals surface area contributed by atoms with Crippen LogP contribution in [0, 0.1) is 0 Å². The highest BCUT2D eigenvalue weighted by Crippen LogP contribution is 2.44. The molecule has 0 aromatic heterocycles. The van der Waals surface area contributed by atoms with Crippen molar-refractivity contribution in [3.8, 4) is 11.5 Å². The maximum Gasteiger partial charge on any atom is 0.338 e. The number of benzene rings is 1. The van der Waals surface area contributed by atoms with E-state index >= 15 is 0 Å². The van der Waals surface area contributed by atoms with Gasteiger partial charge in [0, 0.05) is 0 Å². The molecule has 154 valence electrons. The molecule has 2 aliphatic heterocycles. The van der Waals surface area contributed by atoms with Crippen LogP contribution in [0.25, 0.3) is 0 Å². The number of aliphatic imine (C=N–C) groups is 1. The van der Waals surface area contributed by atoms with E-state index in [2.05, 4.69) is 11.6 Å². The second-order valence-corrected chi connectivity index (χ2v) is 7.80. The van der Waals surface area contributed by atoms with Gasteiger partial charge in [-0.2, -0.15) is 0 Å². The summed E-state index contributed by atoms with van der Waals surface area (Å²) in [4.78, 5) is 31.8. The first-order valence-corrected chi connectivity index (χ1v) is 10.2. The molecule has 1 amide bonds. The van der Waals surface area contributed by atoms with Crippen LogP contribution in [0.5, 0.6) is 11.5 Å². The molecule has 3 rings (SSSR count). The monoisotopic (exact) mass is 416 g/mol. The molecule has 0 aliphatic carbocycles. The minimum Gasteiger partial charge on any atom is -0.493 e. The van der Waals surface area contributed by atoms with Crippen LogP contribution in [0.3, 0.4) is 0 Å². The topological polar surface area (TPSA) is 77.4 Å². The van der Waals surface area contributed by atoms with Gasteiger partial charge in [0.15, 0.2) is 16.7 Å². The average Bonchev–Trinajstić information content (AvgIpc) is 2.98. The zero-order chi connectivity index (χ0) is 21.1. The van der Waals surface area contributed by atoms with E-state index in [1.54, 1.807) is 31.1 Å². The Morgan fingerprint density at radius 1 is 1.38 bits per heavy atom. The number of hydrogen-bond donors (Lipinski definition) is 0. The van der Waals surface area contributed by atoms with Crippen molar-refractivity contribution in [3.63, 3.8) is 0 Å². The molecule has 2 heterocycles. The average molecular weight is 416 g/mol. The molecule has 0 N–H and O–H groups in total. The van der Waals surface area contributed by atoms with Gasteiger partial charge in [0.25, 0.3) is 0 Å². The van der Waals surface area contributed by atoms with Gasteiger partial charge >= 0.3 is 5.97 Å². The zero-order valence-electron chi connectivity index (χ0n) is 16.9. The van der Waals surface area contributed by atoms with E-state index in [0.717, 1.165) is 0 Å². The molecule has 0 saturated carbocycles. The van der Waals surface area contributed by atoms with Crippen LogP contribution in [-0.2, 0) is 14.3 Å². The SMILES string of the molecule is C=CCOC(=O)C1=C(C)N=C2S[C@@H](C)C(=O)N2[C@@H]1c1ccc(OCC)c(OC)c1. The normalized spacial score (nSPS) is 20.9. The van der Waals surface area contributed by atoms with Crippen LogP contribution < -0.4 is 9.47 Å². The van der Waals surface area contributed by atoms with E-state index in [1.807, 2.05) is 19.9 Å². The van der Waals surface area contributed by atoms with Gasteiger partial charge in [-0.1, -0.05) is 30.5 Å². The van der Waals surface area contributed by atoms with E-state index in [4.69, 9.17) is 14.2 Å². The molecule has 29 heavy (non-hydrogen) atoms. The summed E-state index contributed by atoms with van der Waals surface area (Å²) < 4.78 is 16.4. The molecule has 0 unspecified atom stereocenters. The summed E-state index contributed by atoms with van der Waals surface area (Å²) in [5.41, 5.74) is 1.56. The van der Waals surface area contributed by atoms with E-state index in [-0.39, 0.29) is 17.8 Å². The maximum absolute atomic E-state index is 12.9. The predicted octanol–water partition coefficient (Wildman–Crippen LogP) is 3.47. The molecule has 1 aromatic rings. The number of nitrogens with zero attached hydrogens (tertiary/aromatic N) is 2. The predicted molar refractivity (Wildman–Crippen MR) is 112 cm³/mol. The summed E-state index contributed by atoms with van der Waals surface area (Å²) >= 11 is 1.38. The Balaban J connectivity index is 2.12. The second-order valence-electron chi connectivity index (χ2n) is 6.49. The minimum absolute atomic E-state index is 0.0740. The second kappa shape index (κ2) is 8.73. The lowest BCUT2D eigenvalue weighted by Gasteiger charge is -2.33. The van der Waals surface area contributed by atoms with Gasteiger partial charge in [-0.3, -0.25) is 9.69 Å². The summed E-state index contributed by atoms with van der Waals surface area (Å²) in [6.07, 6.45) is 1.50. The first-order valence-electron chi connectivity index (χ1n) is 9.30. The number of carbonyl (C=O) groups excluding carboxylic acids is 2. The lowest BCUT2D eigenvalue weighted by molar-refractivity contribution is -0.139. The molecule has 0 spiro atoms. The van der Waals surface area contributed by atoms with Crippen molar-refractivity contribution < 1.29 is 23.8 Å². The van der Waals surface area contributed by atoms with Gasteiger partial charge in [0.2, 0.25) is 5.91 Å². The number of fused-ring (bicyclic) bond motifs is 1. The fourth-order valence-corrected chi connectivity index (χ4v) is 4.35. The highest BCUT2D eigenvalue weighted by molar-refractivity contribution is 8.15. The number of ether oxygens (including phenoxy) is 3. The minimum atomic E-state index is -0.658. The molecule has 1 fully saturated rings. The number of thioether (sulfide) groups is 1. The van der Waals surface area contributed by atoms with Crippen LogP contribution in [0.15, 0.2) is 47.1 Å². The molecule has 8 heteroatoms. The zero-order valence-corrected chi connectivity index (χ0v) is 17.7.